The van der Waals surface area contributed by atoms with Crippen LogP contribution in [0, 0.1) is 18.8 Å². The number of nitrogens with one attached hydrogen (secondary N) is 1. The number of carbonyl (C=O) groups is 1. The third kappa shape index (κ3) is 1.53. The Morgan fingerprint density at radius 2 is 2.12 bits per heavy atom. The summed E-state index contributed by atoms with van der Waals surface area (Å²) in [6, 6.07) is 1.81. The van der Waals surface area contributed by atoms with E-state index in [0.717, 1.165) is 31.9 Å². The number of rotatable bonds is 1. The van der Waals surface area contributed by atoms with Gasteiger partial charge in [0, 0.05) is 26.2 Å². The Morgan fingerprint density at radius 3 is 2.69 bits per heavy atom. The largest absolute Gasteiger partial charge is 0.469 e. The number of hydrogen-bond acceptors (Lipinski definition) is 3. The molecule has 0 aliphatic carbocycles. The number of amides is 1. The van der Waals surface area contributed by atoms with Crippen LogP contribution >= 0.6 is 0 Å². The van der Waals surface area contributed by atoms with Gasteiger partial charge in [0.2, 0.25) is 0 Å². The highest BCUT2D eigenvalue weighted by Gasteiger charge is 2.38. The fourth-order valence-electron chi connectivity index (χ4n) is 2.76. The Hall–Kier alpha value is -1.29. The molecule has 1 aromatic rings. The smallest absolute Gasteiger partial charge is 0.257 e. The number of likely N-dealkylation sites (tertiary alicyclic amines) is 1. The van der Waals surface area contributed by atoms with Gasteiger partial charge in [-0.15, -0.1) is 0 Å². The van der Waals surface area contributed by atoms with Crippen molar-refractivity contribution in [3.8, 4) is 0 Å². The number of fused-ring (bicyclic) bond motifs is 1. The first kappa shape index (κ1) is 9.90. The van der Waals surface area contributed by atoms with Crippen LogP contribution in [0.2, 0.25) is 0 Å². The summed E-state index contributed by atoms with van der Waals surface area (Å²) in [5.74, 6) is 2.21. The first-order chi connectivity index (χ1) is 7.74. The summed E-state index contributed by atoms with van der Waals surface area (Å²) >= 11 is 0. The van der Waals surface area contributed by atoms with E-state index in [2.05, 4.69) is 5.32 Å². The van der Waals surface area contributed by atoms with Crippen molar-refractivity contribution in [2.75, 3.05) is 26.2 Å². The highest BCUT2D eigenvalue weighted by Crippen LogP contribution is 2.27. The van der Waals surface area contributed by atoms with Gasteiger partial charge >= 0.3 is 0 Å². The van der Waals surface area contributed by atoms with Crippen molar-refractivity contribution in [2.24, 2.45) is 11.8 Å². The van der Waals surface area contributed by atoms with Crippen molar-refractivity contribution in [1.82, 2.24) is 10.2 Å². The number of furan rings is 1. The topological polar surface area (TPSA) is 45.5 Å². The zero-order valence-corrected chi connectivity index (χ0v) is 9.40. The first-order valence-corrected chi connectivity index (χ1v) is 5.79. The fourth-order valence-corrected chi connectivity index (χ4v) is 2.76. The molecule has 2 fully saturated rings. The van der Waals surface area contributed by atoms with E-state index < -0.39 is 0 Å². The molecule has 0 unspecified atom stereocenters. The standard InChI is InChI=1S/C12H16N2O2/c1-8-2-9(7-16-8)12(15)14-5-10-3-13-4-11(10)6-14/h2,7,10-11,13H,3-6H2,1H3/t10-,11+. The minimum atomic E-state index is 0.117. The van der Waals surface area contributed by atoms with Gasteiger partial charge < -0.3 is 14.6 Å². The number of nitrogens with zero attached hydrogens (tertiary/aromatic N) is 1. The number of carbonyl (C=O) groups excluding carboxylic acids is 1. The minimum Gasteiger partial charge on any atom is -0.469 e. The molecule has 3 heterocycles. The number of aryl methyl sites for hydroxylation is 1. The molecular formula is C12H16N2O2. The summed E-state index contributed by atoms with van der Waals surface area (Å²) in [5.41, 5.74) is 0.686. The molecule has 4 nitrogen and oxygen atoms in total. The molecule has 2 atom stereocenters. The summed E-state index contributed by atoms with van der Waals surface area (Å²) in [6.07, 6.45) is 1.56. The molecule has 1 amide bonds. The highest BCUT2D eigenvalue weighted by atomic mass is 16.3. The third-order valence-corrected chi connectivity index (χ3v) is 3.65. The second-order valence-electron chi connectivity index (χ2n) is 4.83. The maximum Gasteiger partial charge on any atom is 0.257 e. The van der Waals surface area contributed by atoms with Gasteiger partial charge in [0.05, 0.1) is 5.56 Å². The molecule has 0 saturated carbocycles. The van der Waals surface area contributed by atoms with Crippen LogP contribution in [-0.2, 0) is 0 Å². The van der Waals surface area contributed by atoms with Crippen LogP contribution in [0.3, 0.4) is 0 Å². The lowest BCUT2D eigenvalue weighted by Crippen LogP contribution is -2.31. The lowest BCUT2D eigenvalue weighted by molar-refractivity contribution is 0.0781. The van der Waals surface area contributed by atoms with Gasteiger partial charge in [0.15, 0.2) is 0 Å². The monoisotopic (exact) mass is 220 g/mol. The van der Waals surface area contributed by atoms with Crippen molar-refractivity contribution in [3.63, 3.8) is 0 Å². The van der Waals surface area contributed by atoms with Crippen LogP contribution in [0.5, 0.6) is 0 Å². The van der Waals surface area contributed by atoms with Gasteiger partial charge in [-0.1, -0.05) is 0 Å². The Morgan fingerprint density at radius 1 is 1.44 bits per heavy atom. The van der Waals surface area contributed by atoms with E-state index in [1.54, 1.807) is 6.26 Å². The summed E-state index contributed by atoms with van der Waals surface area (Å²) in [6.45, 7) is 5.75. The fraction of sp³-hybridized carbons (Fsp3) is 0.583. The molecule has 1 N–H and O–H groups in total. The SMILES string of the molecule is Cc1cc(C(=O)N2C[C@H]3CNC[C@H]3C2)co1. The summed E-state index contributed by atoms with van der Waals surface area (Å²) < 4.78 is 5.18. The van der Waals surface area contributed by atoms with Crippen LogP contribution in [0.25, 0.3) is 0 Å². The highest BCUT2D eigenvalue weighted by molar-refractivity contribution is 5.94. The summed E-state index contributed by atoms with van der Waals surface area (Å²) in [7, 11) is 0. The Bertz CT molecular complexity index is 401. The van der Waals surface area contributed by atoms with Crippen molar-refractivity contribution in [3.05, 3.63) is 23.7 Å². The van der Waals surface area contributed by atoms with Crippen LogP contribution in [-0.4, -0.2) is 37.0 Å². The maximum absolute atomic E-state index is 12.1. The zero-order valence-electron chi connectivity index (χ0n) is 9.40. The van der Waals surface area contributed by atoms with Crippen molar-refractivity contribution in [2.45, 2.75) is 6.92 Å². The molecule has 0 bridgehead atoms. The van der Waals surface area contributed by atoms with Gasteiger partial charge in [-0.3, -0.25) is 4.79 Å². The first-order valence-electron chi connectivity index (χ1n) is 5.79. The van der Waals surface area contributed by atoms with E-state index in [0.29, 0.717) is 17.4 Å². The molecule has 3 rings (SSSR count). The molecule has 0 radical (unpaired) electrons. The average Bonchev–Trinajstić information content (AvgIpc) is 2.89. The van der Waals surface area contributed by atoms with E-state index in [1.807, 2.05) is 17.9 Å². The molecule has 16 heavy (non-hydrogen) atoms. The van der Waals surface area contributed by atoms with Crippen molar-refractivity contribution >= 4 is 5.91 Å². The summed E-state index contributed by atoms with van der Waals surface area (Å²) in [5, 5.41) is 3.37. The minimum absolute atomic E-state index is 0.117. The number of hydrogen-bond donors (Lipinski definition) is 1. The Balaban J connectivity index is 1.73. The van der Waals surface area contributed by atoms with E-state index in [4.69, 9.17) is 4.42 Å². The van der Waals surface area contributed by atoms with Crippen molar-refractivity contribution in [1.29, 1.82) is 0 Å². The second-order valence-corrected chi connectivity index (χ2v) is 4.83. The predicted molar refractivity (Wildman–Crippen MR) is 59.2 cm³/mol. The van der Waals surface area contributed by atoms with Crippen molar-refractivity contribution < 1.29 is 9.21 Å². The maximum atomic E-state index is 12.1. The Kier molecular flexibility index (Phi) is 2.24. The molecule has 2 saturated heterocycles. The molecular weight excluding hydrogens is 204 g/mol. The molecule has 0 spiro atoms. The quantitative estimate of drug-likeness (QED) is 0.764. The Labute approximate surface area is 94.6 Å². The van der Waals surface area contributed by atoms with E-state index in [1.165, 1.54) is 0 Å². The normalized spacial score (nSPS) is 28.4. The van der Waals surface area contributed by atoms with Gasteiger partial charge in [0.1, 0.15) is 12.0 Å². The van der Waals surface area contributed by atoms with Crippen LogP contribution in [0.4, 0.5) is 0 Å². The lowest BCUT2D eigenvalue weighted by Gasteiger charge is -2.16. The van der Waals surface area contributed by atoms with Gasteiger partial charge in [-0.05, 0) is 24.8 Å². The van der Waals surface area contributed by atoms with Gasteiger partial charge in [0.25, 0.3) is 5.91 Å². The predicted octanol–water partition coefficient (Wildman–Crippen LogP) is 0.879. The molecule has 0 aromatic carbocycles. The molecule has 1 aromatic heterocycles. The second kappa shape index (κ2) is 3.63. The van der Waals surface area contributed by atoms with E-state index >= 15 is 0 Å². The molecule has 2 aliphatic heterocycles. The van der Waals surface area contributed by atoms with Gasteiger partial charge in [-0.2, -0.15) is 0 Å². The molecule has 2 aliphatic rings. The molecule has 86 valence electrons. The van der Waals surface area contributed by atoms with Crippen LogP contribution < -0.4 is 5.32 Å². The van der Waals surface area contributed by atoms with E-state index in [-0.39, 0.29) is 5.91 Å². The van der Waals surface area contributed by atoms with Gasteiger partial charge in [-0.25, -0.2) is 0 Å². The lowest BCUT2D eigenvalue weighted by atomic mass is 10.0. The third-order valence-electron chi connectivity index (χ3n) is 3.65. The van der Waals surface area contributed by atoms with Crippen LogP contribution in [0.1, 0.15) is 16.1 Å². The summed E-state index contributed by atoms with van der Waals surface area (Å²) in [4.78, 5) is 14.1. The molecule has 4 heteroatoms. The average molecular weight is 220 g/mol. The zero-order chi connectivity index (χ0) is 11.1. The van der Waals surface area contributed by atoms with Crippen LogP contribution in [0.15, 0.2) is 16.7 Å². The van der Waals surface area contributed by atoms with E-state index in [9.17, 15) is 4.79 Å².